The minimum Gasteiger partial charge on any atom is -0.497 e. The molecule has 0 saturated carbocycles. The first-order chi connectivity index (χ1) is 9.51. The van der Waals surface area contributed by atoms with Gasteiger partial charge in [0.25, 0.3) is 5.91 Å². The van der Waals surface area contributed by atoms with Crippen LogP contribution in [0.15, 0.2) is 45.3 Å². The van der Waals surface area contributed by atoms with Gasteiger partial charge >= 0.3 is 0 Å². The molecular weight excluding hydrogens is 388 g/mol. The molecule has 104 valence electrons. The number of hydrogen-bond donors (Lipinski definition) is 2. The Hall–Kier alpha value is -1.53. The molecular formula is C14H12Br2N2O2. The molecule has 0 spiro atoms. The molecule has 0 radical (unpaired) electrons. The van der Waals surface area contributed by atoms with E-state index in [1.165, 1.54) is 0 Å². The highest BCUT2D eigenvalue weighted by atomic mass is 79.9. The van der Waals surface area contributed by atoms with Gasteiger partial charge in [-0.3, -0.25) is 4.79 Å². The highest BCUT2D eigenvalue weighted by Crippen LogP contribution is 2.26. The highest BCUT2D eigenvalue weighted by Gasteiger charge is 2.12. The summed E-state index contributed by atoms with van der Waals surface area (Å²) in [5.41, 5.74) is 7.40. The summed E-state index contributed by atoms with van der Waals surface area (Å²) in [6.45, 7) is 0. The average molecular weight is 400 g/mol. The molecule has 0 aliphatic heterocycles. The van der Waals surface area contributed by atoms with Crippen LogP contribution < -0.4 is 15.8 Å². The number of nitrogens with one attached hydrogen (secondary N) is 1. The number of hydrogen-bond acceptors (Lipinski definition) is 3. The van der Waals surface area contributed by atoms with Crippen molar-refractivity contribution >= 4 is 49.1 Å². The van der Waals surface area contributed by atoms with Gasteiger partial charge < -0.3 is 15.8 Å². The van der Waals surface area contributed by atoms with E-state index < -0.39 is 0 Å². The number of carbonyl (C=O) groups excluding carboxylic acids is 1. The maximum Gasteiger partial charge on any atom is 0.256 e. The zero-order valence-electron chi connectivity index (χ0n) is 10.6. The minimum atomic E-state index is -0.235. The van der Waals surface area contributed by atoms with Gasteiger partial charge in [0, 0.05) is 15.0 Å². The normalized spacial score (nSPS) is 10.2. The second kappa shape index (κ2) is 6.28. The lowest BCUT2D eigenvalue weighted by atomic mass is 10.2. The summed E-state index contributed by atoms with van der Waals surface area (Å²) < 4.78 is 6.66. The molecule has 6 heteroatoms. The number of amides is 1. The molecule has 2 rings (SSSR count). The van der Waals surface area contributed by atoms with Crippen LogP contribution in [0.3, 0.4) is 0 Å². The van der Waals surface area contributed by atoms with Crippen molar-refractivity contribution < 1.29 is 9.53 Å². The molecule has 0 aliphatic rings. The molecule has 20 heavy (non-hydrogen) atoms. The van der Waals surface area contributed by atoms with Crippen LogP contribution in [0.5, 0.6) is 5.75 Å². The fraction of sp³-hybridized carbons (Fsp3) is 0.0714. The number of ether oxygens (including phenoxy) is 1. The van der Waals surface area contributed by atoms with E-state index in [1.807, 2.05) is 6.07 Å². The predicted molar refractivity (Wildman–Crippen MR) is 87.2 cm³/mol. The summed E-state index contributed by atoms with van der Waals surface area (Å²) in [7, 11) is 1.56. The Morgan fingerprint density at radius 1 is 1.20 bits per heavy atom. The number of benzene rings is 2. The molecule has 0 saturated heterocycles. The number of rotatable bonds is 3. The first kappa shape index (κ1) is 14.9. The maximum atomic E-state index is 12.2. The molecule has 0 fully saturated rings. The van der Waals surface area contributed by atoms with Crippen LogP contribution in [-0.2, 0) is 0 Å². The van der Waals surface area contributed by atoms with Crippen LogP contribution in [-0.4, -0.2) is 13.0 Å². The summed E-state index contributed by atoms with van der Waals surface area (Å²) in [6, 6.07) is 10.4. The fourth-order valence-electron chi connectivity index (χ4n) is 1.64. The van der Waals surface area contributed by atoms with Crippen LogP contribution in [0.1, 0.15) is 10.4 Å². The SMILES string of the molecule is COc1ccc(NC(=O)c2ccc(Br)cc2Br)c(N)c1. The first-order valence-electron chi connectivity index (χ1n) is 5.71. The molecule has 0 bridgehead atoms. The Morgan fingerprint density at radius 3 is 2.55 bits per heavy atom. The number of halogens is 2. The number of nitrogen functional groups attached to an aromatic ring is 1. The third-order valence-electron chi connectivity index (χ3n) is 2.68. The maximum absolute atomic E-state index is 12.2. The molecule has 2 aromatic rings. The summed E-state index contributed by atoms with van der Waals surface area (Å²) in [6.07, 6.45) is 0. The summed E-state index contributed by atoms with van der Waals surface area (Å²) in [5, 5.41) is 2.77. The van der Waals surface area contributed by atoms with E-state index in [2.05, 4.69) is 37.2 Å². The van der Waals surface area contributed by atoms with Gasteiger partial charge in [-0.25, -0.2) is 0 Å². The van der Waals surface area contributed by atoms with Gasteiger partial charge in [-0.1, -0.05) is 15.9 Å². The molecule has 2 aromatic carbocycles. The van der Waals surface area contributed by atoms with Crippen molar-refractivity contribution in [2.24, 2.45) is 0 Å². The quantitative estimate of drug-likeness (QED) is 0.765. The van der Waals surface area contributed by atoms with Crippen LogP contribution in [0, 0.1) is 0 Å². The molecule has 0 heterocycles. The lowest BCUT2D eigenvalue weighted by molar-refractivity contribution is 0.102. The summed E-state index contributed by atoms with van der Waals surface area (Å²) in [5.74, 6) is 0.409. The first-order valence-corrected chi connectivity index (χ1v) is 7.30. The average Bonchev–Trinajstić information content (AvgIpc) is 2.40. The third-order valence-corrected chi connectivity index (χ3v) is 3.83. The fourth-order valence-corrected chi connectivity index (χ4v) is 2.87. The van der Waals surface area contributed by atoms with Crippen LogP contribution >= 0.6 is 31.9 Å². The Bertz CT molecular complexity index is 660. The number of nitrogens with two attached hydrogens (primary N) is 1. The second-order valence-electron chi connectivity index (χ2n) is 4.03. The van der Waals surface area contributed by atoms with E-state index in [1.54, 1.807) is 37.4 Å². The van der Waals surface area contributed by atoms with Gasteiger partial charge in [0.05, 0.1) is 24.0 Å². The van der Waals surface area contributed by atoms with Crippen molar-refractivity contribution in [2.45, 2.75) is 0 Å². The van der Waals surface area contributed by atoms with Crippen molar-refractivity contribution in [3.8, 4) is 5.75 Å². The lowest BCUT2D eigenvalue weighted by Gasteiger charge is -2.10. The molecule has 4 nitrogen and oxygen atoms in total. The van der Waals surface area contributed by atoms with E-state index in [0.29, 0.717) is 27.2 Å². The Labute approximate surface area is 133 Å². The van der Waals surface area contributed by atoms with Gasteiger partial charge in [-0.2, -0.15) is 0 Å². The van der Waals surface area contributed by atoms with Crippen molar-refractivity contribution in [3.63, 3.8) is 0 Å². The molecule has 0 atom stereocenters. The Morgan fingerprint density at radius 2 is 1.95 bits per heavy atom. The predicted octanol–water partition coefficient (Wildman–Crippen LogP) is 4.05. The van der Waals surface area contributed by atoms with Crippen molar-refractivity contribution in [3.05, 3.63) is 50.9 Å². The second-order valence-corrected chi connectivity index (χ2v) is 5.80. The van der Waals surface area contributed by atoms with E-state index in [0.717, 1.165) is 4.47 Å². The number of methoxy groups -OCH3 is 1. The largest absolute Gasteiger partial charge is 0.497 e. The minimum absolute atomic E-state index is 0.235. The topological polar surface area (TPSA) is 64.3 Å². The highest BCUT2D eigenvalue weighted by molar-refractivity contribution is 9.11. The Balaban J connectivity index is 2.23. The van der Waals surface area contributed by atoms with Gasteiger partial charge in [-0.15, -0.1) is 0 Å². The molecule has 0 aliphatic carbocycles. The van der Waals surface area contributed by atoms with Crippen molar-refractivity contribution in [2.75, 3.05) is 18.2 Å². The lowest BCUT2D eigenvalue weighted by Crippen LogP contribution is -2.13. The zero-order chi connectivity index (χ0) is 14.7. The monoisotopic (exact) mass is 398 g/mol. The van der Waals surface area contributed by atoms with E-state index in [-0.39, 0.29) is 5.91 Å². The molecule has 0 unspecified atom stereocenters. The summed E-state index contributed by atoms with van der Waals surface area (Å²) >= 11 is 6.70. The molecule has 3 N–H and O–H groups in total. The Kier molecular flexibility index (Phi) is 4.67. The van der Waals surface area contributed by atoms with E-state index in [9.17, 15) is 4.79 Å². The van der Waals surface area contributed by atoms with Gasteiger partial charge in [0.1, 0.15) is 5.75 Å². The van der Waals surface area contributed by atoms with Gasteiger partial charge in [-0.05, 0) is 46.3 Å². The van der Waals surface area contributed by atoms with Crippen molar-refractivity contribution in [1.29, 1.82) is 0 Å². The number of anilines is 2. The van der Waals surface area contributed by atoms with Gasteiger partial charge in [0.2, 0.25) is 0 Å². The van der Waals surface area contributed by atoms with E-state index >= 15 is 0 Å². The molecule has 0 aromatic heterocycles. The van der Waals surface area contributed by atoms with Crippen LogP contribution in [0.2, 0.25) is 0 Å². The van der Waals surface area contributed by atoms with Gasteiger partial charge in [0.15, 0.2) is 0 Å². The third kappa shape index (κ3) is 3.32. The van der Waals surface area contributed by atoms with Crippen LogP contribution in [0.4, 0.5) is 11.4 Å². The molecule has 1 amide bonds. The number of carbonyl (C=O) groups is 1. The van der Waals surface area contributed by atoms with E-state index in [4.69, 9.17) is 10.5 Å². The summed E-state index contributed by atoms with van der Waals surface area (Å²) in [4.78, 5) is 12.2. The smallest absolute Gasteiger partial charge is 0.256 e. The van der Waals surface area contributed by atoms with Crippen LogP contribution in [0.25, 0.3) is 0 Å². The standard InChI is InChI=1S/C14H12Br2N2O2/c1-20-9-3-5-13(12(17)7-9)18-14(19)10-4-2-8(15)6-11(10)16/h2-7H,17H2,1H3,(H,18,19). The zero-order valence-corrected chi connectivity index (χ0v) is 13.8. The van der Waals surface area contributed by atoms with Crippen molar-refractivity contribution in [1.82, 2.24) is 0 Å².